The first-order chi connectivity index (χ1) is 7.02. The van der Waals surface area contributed by atoms with Crippen molar-refractivity contribution >= 4 is 11.6 Å². The van der Waals surface area contributed by atoms with E-state index in [1.165, 1.54) is 27.2 Å². The third-order valence-corrected chi connectivity index (χ3v) is 2.29. The summed E-state index contributed by atoms with van der Waals surface area (Å²) in [6, 6.07) is 1.31. The van der Waals surface area contributed by atoms with E-state index in [2.05, 4.69) is 0 Å². The molecule has 84 valence electrons. The third-order valence-electron chi connectivity index (χ3n) is 2.01. The Morgan fingerprint density at radius 1 is 1.40 bits per heavy atom. The second-order valence-electron chi connectivity index (χ2n) is 3.00. The summed E-state index contributed by atoms with van der Waals surface area (Å²) < 4.78 is 23.5. The second-order valence-corrected chi connectivity index (χ2v) is 3.40. The molecule has 5 heteroatoms. The average Bonchev–Trinajstić information content (AvgIpc) is 2.20. The van der Waals surface area contributed by atoms with Crippen molar-refractivity contribution in [2.75, 3.05) is 14.2 Å². The molecular formula is C10H12ClFO3. The van der Waals surface area contributed by atoms with Crippen molar-refractivity contribution in [1.82, 2.24) is 0 Å². The van der Waals surface area contributed by atoms with Gasteiger partial charge >= 0.3 is 0 Å². The first kappa shape index (κ1) is 12.1. The van der Waals surface area contributed by atoms with E-state index in [0.717, 1.165) is 0 Å². The van der Waals surface area contributed by atoms with E-state index in [4.69, 9.17) is 21.1 Å². The highest BCUT2D eigenvalue weighted by molar-refractivity contribution is 6.31. The summed E-state index contributed by atoms with van der Waals surface area (Å²) in [5.74, 6) is -0.237. The molecule has 1 unspecified atom stereocenters. The topological polar surface area (TPSA) is 38.7 Å². The van der Waals surface area contributed by atoms with Crippen LogP contribution in [0.3, 0.4) is 0 Å². The highest BCUT2D eigenvalue weighted by Crippen LogP contribution is 2.40. The highest BCUT2D eigenvalue weighted by atomic mass is 35.5. The smallest absolute Gasteiger partial charge is 0.169 e. The van der Waals surface area contributed by atoms with E-state index in [0.29, 0.717) is 5.75 Å². The molecule has 1 aromatic rings. The van der Waals surface area contributed by atoms with Gasteiger partial charge in [-0.2, -0.15) is 0 Å². The zero-order valence-electron chi connectivity index (χ0n) is 8.67. The van der Waals surface area contributed by atoms with Crippen LogP contribution in [0, 0.1) is 5.82 Å². The van der Waals surface area contributed by atoms with Gasteiger partial charge in [0.15, 0.2) is 17.3 Å². The highest BCUT2D eigenvalue weighted by Gasteiger charge is 2.22. The molecule has 1 atom stereocenters. The maximum atomic E-state index is 13.6. The minimum Gasteiger partial charge on any atom is -0.493 e. The lowest BCUT2D eigenvalue weighted by atomic mass is 10.1. The zero-order valence-corrected chi connectivity index (χ0v) is 9.43. The molecule has 1 N–H and O–H groups in total. The first-order valence-corrected chi connectivity index (χ1v) is 4.68. The van der Waals surface area contributed by atoms with Crippen LogP contribution >= 0.6 is 11.6 Å². The molecule has 1 rings (SSSR count). The van der Waals surface area contributed by atoms with E-state index < -0.39 is 11.9 Å². The number of benzene rings is 1. The fraction of sp³-hybridized carbons (Fsp3) is 0.400. The molecule has 0 aliphatic carbocycles. The molecule has 0 aliphatic rings. The Morgan fingerprint density at radius 3 is 2.40 bits per heavy atom. The van der Waals surface area contributed by atoms with Crippen LogP contribution in [0.25, 0.3) is 0 Å². The van der Waals surface area contributed by atoms with E-state index in [1.54, 1.807) is 0 Å². The summed E-state index contributed by atoms with van der Waals surface area (Å²) >= 11 is 5.65. The molecule has 3 nitrogen and oxygen atoms in total. The summed E-state index contributed by atoms with van der Waals surface area (Å²) in [6.45, 7) is 1.43. The maximum Gasteiger partial charge on any atom is 0.169 e. The molecule has 0 spiro atoms. The lowest BCUT2D eigenvalue weighted by Gasteiger charge is -2.16. The van der Waals surface area contributed by atoms with Crippen LogP contribution in [-0.2, 0) is 0 Å². The quantitative estimate of drug-likeness (QED) is 0.874. The Morgan fingerprint density at radius 2 is 2.00 bits per heavy atom. The number of hydrogen-bond donors (Lipinski definition) is 1. The van der Waals surface area contributed by atoms with Gasteiger partial charge in [0, 0.05) is 6.07 Å². The third kappa shape index (κ3) is 2.16. The Kier molecular flexibility index (Phi) is 3.77. The van der Waals surface area contributed by atoms with Gasteiger partial charge in [0.1, 0.15) is 0 Å². The monoisotopic (exact) mass is 234 g/mol. The van der Waals surface area contributed by atoms with Gasteiger partial charge in [0.25, 0.3) is 0 Å². The van der Waals surface area contributed by atoms with Crippen molar-refractivity contribution in [2.45, 2.75) is 13.0 Å². The van der Waals surface area contributed by atoms with Crippen LogP contribution < -0.4 is 9.47 Å². The molecule has 0 heterocycles. The van der Waals surface area contributed by atoms with Crippen LogP contribution in [0.4, 0.5) is 4.39 Å². The number of methoxy groups -OCH3 is 2. The lowest BCUT2D eigenvalue weighted by molar-refractivity contribution is 0.187. The van der Waals surface area contributed by atoms with Gasteiger partial charge in [0.2, 0.25) is 0 Å². The van der Waals surface area contributed by atoms with E-state index >= 15 is 0 Å². The molecule has 0 saturated carbocycles. The minimum atomic E-state index is -1.02. The summed E-state index contributed by atoms with van der Waals surface area (Å²) in [5, 5.41) is 9.32. The van der Waals surface area contributed by atoms with Crippen LogP contribution in [0.5, 0.6) is 11.5 Å². The largest absolute Gasteiger partial charge is 0.493 e. The fourth-order valence-corrected chi connectivity index (χ4v) is 1.54. The number of ether oxygens (including phenoxy) is 2. The average molecular weight is 235 g/mol. The van der Waals surface area contributed by atoms with Crippen LogP contribution in [0.2, 0.25) is 5.02 Å². The van der Waals surface area contributed by atoms with Gasteiger partial charge in [-0.25, -0.2) is 4.39 Å². The first-order valence-electron chi connectivity index (χ1n) is 4.30. The molecular weight excluding hydrogens is 223 g/mol. The fourth-order valence-electron chi connectivity index (χ4n) is 1.34. The van der Waals surface area contributed by atoms with Crippen molar-refractivity contribution in [3.8, 4) is 11.5 Å². The number of rotatable bonds is 3. The van der Waals surface area contributed by atoms with Crippen LogP contribution in [0.1, 0.15) is 18.6 Å². The number of aliphatic hydroxyl groups excluding tert-OH is 1. The molecule has 0 amide bonds. The second kappa shape index (κ2) is 4.68. The standard InChI is InChI=1S/C10H12ClFO3/c1-5(13)8-9(12)6(11)4-7(14-2)10(8)15-3/h4-5,13H,1-3H3. The SMILES string of the molecule is COc1cc(Cl)c(F)c(C(C)O)c1OC. The van der Waals surface area contributed by atoms with Gasteiger partial charge in [-0.3, -0.25) is 0 Å². The van der Waals surface area contributed by atoms with Gasteiger partial charge in [-0.05, 0) is 6.92 Å². The summed E-state index contributed by atoms with van der Waals surface area (Å²) in [7, 11) is 2.79. The van der Waals surface area contributed by atoms with Crippen LogP contribution in [-0.4, -0.2) is 19.3 Å². The van der Waals surface area contributed by atoms with E-state index in [9.17, 15) is 9.50 Å². The summed E-state index contributed by atoms with van der Waals surface area (Å²) in [5.41, 5.74) is 0.00171. The summed E-state index contributed by atoms with van der Waals surface area (Å²) in [6.07, 6.45) is -1.02. The summed E-state index contributed by atoms with van der Waals surface area (Å²) in [4.78, 5) is 0. The molecule has 0 fully saturated rings. The van der Waals surface area contributed by atoms with Crippen molar-refractivity contribution in [3.63, 3.8) is 0 Å². The number of hydrogen-bond acceptors (Lipinski definition) is 3. The Hall–Kier alpha value is -1.00. The van der Waals surface area contributed by atoms with Gasteiger partial charge in [-0.15, -0.1) is 0 Å². The van der Waals surface area contributed by atoms with Crippen molar-refractivity contribution in [1.29, 1.82) is 0 Å². The van der Waals surface area contributed by atoms with Gasteiger partial charge in [-0.1, -0.05) is 11.6 Å². The minimum absolute atomic E-state index is 0.00171. The number of aliphatic hydroxyl groups is 1. The van der Waals surface area contributed by atoms with Crippen molar-refractivity contribution in [3.05, 3.63) is 22.5 Å². The van der Waals surface area contributed by atoms with Crippen molar-refractivity contribution in [2.24, 2.45) is 0 Å². The van der Waals surface area contributed by atoms with E-state index in [-0.39, 0.29) is 16.3 Å². The molecule has 15 heavy (non-hydrogen) atoms. The van der Waals surface area contributed by atoms with Crippen molar-refractivity contribution < 1.29 is 19.0 Å². The zero-order chi connectivity index (χ0) is 11.6. The molecule has 0 saturated heterocycles. The van der Waals surface area contributed by atoms with Crippen LogP contribution in [0.15, 0.2) is 6.07 Å². The lowest BCUT2D eigenvalue weighted by Crippen LogP contribution is -2.03. The predicted molar refractivity (Wildman–Crippen MR) is 55.1 cm³/mol. The molecule has 1 aromatic carbocycles. The number of halogens is 2. The molecule has 0 aliphatic heterocycles. The van der Waals surface area contributed by atoms with E-state index in [1.807, 2.05) is 0 Å². The Labute approximate surface area is 92.4 Å². The molecule has 0 bridgehead atoms. The normalized spacial score (nSPS) is 12.4. The molecule has 0 aromatic heterocycles. The van der Waals surface area contributed by atoms with Gasteiger partial charge < -0.3 is 14.6 Å². The van der Waals surface area contributed by atoms with Gasteiger partial charge in [0.05, 0.1) is 30.9 Å². The molecule has 0 radical (unpaired) electrons. The Balaban J connectivity index is 3.49. The Bertz CT molecular complexity index is 366. The predicted octanol–water partition coefficient (Wildman–Crippen LogP) is 2.55. The maximum absolute atomic E-state index is 13.6.